The Labute approximate surface area is 162 Å². The molecule has 27 heavy (non-hydrogen) atoms. The fourth-order valence-corrected chi connectivity index (χ4v) is 4.36. The summed E-state index contributed by atoms with van der Waals surface area (Å²) in [5, 5.41) is 2.93. The molecule has 5 nitrogen and oxygen atoms in total. The van der Waals surface area contributed by atoms with Crippen molar-refractivity contribution in [3.8, 4) is 0 Å². The van der Waals surface area contributed by atoms with Crippen LogP contribution in [0.3, 0.4) is 0 Å². The van der Waals surface area contributed by atoms with E-state index in [9.17, 15) is 13.2 Å². The molecule has 0 aliphatic heterocycles. The molecule has 0 heterocycles. The minimum atomic E-state index is -3.64. The SMILES string of the molecule is CC[C@H](C(=O)Nc1ccccc1C(C)C)N(c1cccc(C)c1)S(C)(=O)=O. The lowest BCUT2D eigenvalue weighted by Crippen LogP contribution is -2.47. The van der Waals surface area contributed by atoms with Crippen LogP contribution in [0.15, 0.2) is 48.5 Å². The van der Waals surface area contributed by atoms with Crippen LogP contribution in [0.4, 0.5) is 11.4 Å². The molecule has 0 saturated carbocycles. The van der Waals surface area contributed by atoms with Gasteiger partial charge in [0.15, 0.2) is 0 Å². The molecule has 0 bridgehead atoms. The number of hydrogen-bond donors (Lipinski definition) is 1. The molecule has 0 aromatic heterocycles. The van der Waals surface area contributed by atoms with E-state index in [-0.39, 0.29) is 11.8 Å². The predicted molar refractivity (Wildman–Crippen MR) is 112 cm³/mol. The van der Waals surface area contributed by atoms with Crippen LogP contribution < -0.4 is 9.62 Å². The molecule has 2 aromatic carbocycles. The largest absolute Gasteiger partial charge is 0.324 e. The quantitative estimate of drug-likeness (QED) is 0.769. The monoisotopic (exact) mass is 388 g/mol. The third-order valence-electron chi connectivity index (χ3n) is 4.43. The molecule has 1 atom stereocenters. The second kappa shape index (κ2) is 8.57. The van der Waals surface area contributed by atoms with Crippen LogP contribution in [0.1, 0.15) is 44.2 Å². The zero-order valence-corrected chi connectivity index (χ0v) is 17.4. The van der Waals surface area contributed by atoms with Crippen LogP contribution >= 0.6 is 0 Å². The van der Waals surface area contributed by atoms with Crippen molar-refractivity contribution in [2.75, 3.05) is 15.9 Å². The van der Waals surface area contributed by atoms with Crippen LogP contribution in [0.2, 0.25) is 0 Å². The van der Waals surface area contributed by atoms with Crippen LogP contribution in [0, 0.1) is 6.92 Å². The highest BCUT2D eigenvalue weighted by atomic mass is 32.2. The molecule has 0 aliphatic carbocycles. The molecule has 1 amide bonds. The third kappa shape index (κ3) is 5.10. The van der Waals surface area contributed by atoms with Crippen molar-refractivity contribution in [3.05, 3.63) is 59.7 Å². The number of nitrogens with zero attached hydrogens (tertiary/aromatic N) is 1. The fraction of sp³-hybridized carbons (Fsp3) is 0.381. The molecule has 0 fully saturated rings. The number of sulfonamides is 1. The number of amides is 1. The average Bonchev–Trinajstić information content (AvgIpc) is 2.58. The summed E-state index contributed by atoms with van der Waals surface area (Å²) in [6.45, 7) is 7.81. The molecule has 1 N–H and O–H groups in total. The van der Waals surface area contributed by atoms with Crippen LogP contribution in [-0.2, 0) is 14.8 Å². The van der Waals surface area contributed by atoms with E-state index in [0.717, 1.165) is 17.4 Å². The normalized spacial score (nSPS) is 12.7. The summed E-state index contributed by atoms with van der Waals surface area (Å²) in [5.41, 5.74) is 3.16. The van der Waals surface area contributed by atoms with Crippen molar-refractivity contribution < 1.29 is 13.2 Å². The van der Waals surface area contributed by atoms with Gasteiger partial charge in [-0.2, -0.15) is 0 Å². The van der Waals surface area contributed by atoms with E-state index in [4.69, 9.17) is 0 Å². The van der Waals surface area contributed by atoms with Crippen molar-refractivity contribution in [1.82, 2.24) is 0 Å². The Morgan fingerprint density at radius 2 is 1.78 bits per heavy atom. The van der Waals surface area contributed by atoms with Gasteiger partial charge in [0, 0.05) is 5.69 Å². The Balaban J connectivity index is 2.41. The van der Waals surface area contributed by atoms with E-state index in [0.29, 0.717) is 17.8 Å². The van der Waals surface area contributed by atoms with Gasteiger partial charge in [0.2, 0.25) is 15.9 Å². The number of carbonyl (C=O) groups is 1. The first-order valence-electron chi connectivity index (χ1n) is 9.11. The number of nitrogens with one attached hydrogen (secondary N) is 1. The number of benzene rings is 2. The maximum atomic E-state index is 13.0. The summed E-state index contributed by atoms with van der Waals surface area (Å²) in [4.78, 5) is 13.0. The zero-order chi connectivity index (χ0) is 20.2. The van der Waals surface area contributed by atoms with Gasteiger partial charge in [-0.3, -0.25) is 9.10 Å². The van der Waals surface area contributed by atoms with E-state index in [1.807, 2.05) is 44.2 Å². The van der Waals surface area contributed by atoms with Crippen LogP contribution in [0.25, 0.3) is 0 Å². The first kappa shape index (κ1) is 21.0. The third-order valence-corrected chi connectivity index (χ3v) is 5.61. The van der Waals surface area contributed by atoms with Crippen molar-refractivity contribution in [2.45, 2.75) is 46.1 Å². The first-order valence-corrected chi connectivity index (χ1v) is 11.0. The van der Waals surface area contributed by atoms with Gasteiger partial charge in [-0.05, 0) is 48.6 Å². The predicted octanol–water partition coefficient (Wildman–Crippen LogP) is 4.30. The summed E-state index contributed by atoms with van der Waals surface area (Å²) in [5.74, 6) is -0.0955. The van der Waals surface area contributed by atoms with Gasteiger partial charge < -0.3 is 5.32 Å². The molecular weight excluding hydrogens is 360 g/mol. The minimum Gasteiger partial charge on any atom is -0.324 e. The standard InChI is InChI=1S/C21H28N2O3S/c1-6-20(21(24)22-19-13-8-7-12-18(19)15(2)3)23(27(5,25)26)17-11-9-10-16(4)14-17/h7-15,20H,6H2,1-5H3,(H,22,24)/t20-/m1/s1. The van der Waals surface area contributed by atoms with Crippen LogP contribution in [0.5, 0.6) is 0 Å². The van der Waals surface area contributed by atoms with Crippen LogP contribution in [-0.4, -0.2) is 26.6 Å². The summed E-state index contributed by atoms with van der Waals surface area (Å²) in [6.07, 6.45) is 1.49. The fourth-order valence-electron chi connectivity index (χ4n) is 3.16. The van der Waals surface area contributed by atoms with E-state index < -0.39 is 16.1 Å². The number of rotatable bonds is 7. The Morgan fingerprint density at radius 3 is 2.33 bits per heavy atom. The van der Waals surface area contributed by atoms with Gasteiger partial charge in [0.1, 0.15) is 6.04 Å². The number of carbonyl (C=O) groups excluding carboxylic acids is 1. The molecule has 6 heteroatoms. The summed E-state index contributed by atoms with van der Waals surface area (Å²) in [7, 11) is -3.64. The van der Waals surface area contributed by atoms with Crippen molar-refractivity contribution in [3.63, 3.8) is 0 Å². The van der Waals surface area contributed by atoms with Crippen molar-refractivity contribution >= 4 is 27.3 Å². The highest BCUT2D eigenvalue weighted by Crippen LogP contribution is 2.27. The maximum Gasteiger partial charge on any atom is 0.248 e. The molecule has 0 aliphatic rings. The lowest BCUT2D eigenvalue weighted by Gasteiger charge is -2.30. The molecule has 0 saturated heterocycles. The van der Waals surface area contributed by atoms with Gasteiger partial charge in [-0.1, -0.05) is 51.1 Å². The number of para-hydroxylation sites is 1. The molecule has 0 unspecified atom stereocenters. The number of hydrogen-bond acceptors (Lipinski definition) is 3. The Morgan fingerprint density at radius 1 is 1.11 bits per heavy atom. The van der Waals surface area contributed by atoms with Gasteiger partial charge in [0.05, 0.1) is 11.9 Å². The summed E-state index contributed by atoms with van der Waals surface area (Å²) < 4.78 is 26.3. The molecule has 0 radical (unpaired) electrons. The topological polar surface area (TPSA) is 66.5 Å². The van der Waals surface area contributed by atoms with Crippen molar-refractivity contribution in [2.24, 2.45) is 0 Å². The molecule has 146 valence electrons. The highest BCUT2D eigenvalue weighted by Gasteiger charge is 2.31. The average molecular weight is 389 g/mol. The highest BCUT2D eigenvalue weighted by molar-refractivity contribution is 7.92. The molecule has 2 rings (SSSR count). The van der Waals surface area contributed by atoms with Gasteiger partial charge in [-0.15, -0.1) is 0 Å². The lowest BCUT2D eigenvalue weighted by molar-refractivity contribution is -0.117. The summed E-state index contributed by atoms with van der Waals surface area (Å²) >= 11 is 0. The molecule has 0 spiro atoms. The zero-order valence-electron chi connectivity index (χ0n) is 16.6. The van der Waals surface area contributed by atoms with Gasteiger partial charge >= 0.3 is 0 Å². The second-order valence-electron chi connectivity index (χ2n) is 7.05. The van der Waals surface area contributed by atoms with E-state index in [2.05, 4.69) is 19.2 Å². The number of aryl methyl sites for hydroxylation is 1. The van der Waals surface area contributed by atoms with Crippen molar-refractivity contribution in [1.29, 1.82) is 0 Å². The Bertz CT molecular complexity index is 907. The molecular formula is C21H28N2O3S. The minimum absolute atomic E-state index is 0.240. The number of anilines is 2. The van der Waals surface area contributed by atoms with E-state index in [1.54, 1.807) is 18.2 Å². The lowest BCUT2D eigenvalue weighted by atomic mass is 10.0. The second-order valence-corrected chi connectivity index (χ2v) is 8.91. The van der Waals surface area contributed by atoms with E-state index in [1.165, 1.54) is 4.31 Å². The molecule has 2 aromatic rings. The maximum absolute atomic E-state index is 13.0. The smallest absolute Gasteiger partial charge is 0.248 e. The Kier molecular flexibility index (Phi) is 6.65. The van der Waals surface area contributed by atoms with E-state index >= 15 is 0 Å². The summed E-state index contributed by atoms with van der Waals surface area (Å²) in [6, 6.07) is 13.9. The first-order chi connectivity index (χ1) is 12.6. The van der Waals surface area contributed by atoms with Gasteiger partial charge in [0.25, 0.3) is 0 Å². The Hall–Kier alpha value is -2.34. The van der Waals surface area contributed by atoms with Gasteiger partial charge in [-0.25, -0.2) is 8.42 Å².